The summed E-state index contributed by atoms with van der Waals surface area (Å²) in [6.07, 6.45) is 5.73. The Kier molecular flexibility index (Phi) is 3.18. The maximum atomic E-state index is 6.42. The van der Waals surface area contributed by atoms with Gasteiger partial charge in [0, 0.05) is 22.5 Å². The van der Waals surface area contributed by atoms with E-state index in [4.69, 9.17) is 10.5 Å². The van der Waals surface area contributed by atoms with Crippen LogP contribution in [0.15, 0.2) is 22.7 Å². The molecule has 3 rings (SSSR count). The molecule has 2 aliphatic rings. The molecule has 1 aromatic rings. The van der Waals surface area contributed by atoms with E-state index in [2.05, 4.69) is 41.9 Å². The maximum Gasteiger partial charge on any atom is 0.124 e. The molecule has 0 bridgehead atoms. The topological polar surface area (TPSA) is 35.2 Å². The van der Waals surface area contributed by atoms with Crippen molar-refractivity contribution in [2.75, 3.05) is 0 Å². The Balaban J connectivity index is 1.94. The van der Waals surface area contributed by atoms with Crippen LogP contribution in [0.2, 0.25) is 0 Å². The normalized spacial score (nSPS) is 32.7. The number of hydrogen-bond donors (Lipinski definition) is 1. The first-order valence-corrected chi connectivity index (χ1v) is 7.93. The molecule has 1 fully saturated rings. The molecular weight excluding hydrogens is 302 g/mol. The fraction of sp³-hybridized carbons (Fsp3) is 0.625. The molecule has 0 aromatic heterocycles. The van der Waals surface area contributed by atoms with Crippen molar-refractivity contribution in [1.29, 1.82) is 0 Å². The highest BCUT2D eigenvalue weighted by Gasteiger charge is 2.45. The zero-order valence-corrected chi connectivity index (χ0v) is 13.3. The molecule has 0 radical (unpaired) electrons. The quantitative estimate of drug-likeness (QED) is 0.759. The van der Waals surface area contributed by atoms with Gasteiger partial charge in [0.25, 0.3) is 0 Å². The summed E-state index contributed by atoms with van der Waals surface area (Å²) in [4.78, 5) is 0. The molecule has 104 valence electrons. The Hall–Kier alpha value is -0.540. The zero-order valence-electron chi connectivity index (χ0n) is 11.7. The lowest BCUT2D eigenvalue weighted by molar-refractivity contribution is -0.0385. The van der Waals surface area contributed by atoms with E-state index in [0.717, 1.165) is 35.0 Å². The minimum Gasteiger partial charge on any atom is -0.487 e. The minimum absolute atomic E-state index is 0.0397. The molecule has 19 heavy (non-hydrogen) atoms. The van der Waals surface area contributed by atoms with E-state index in [9.17, 15) is 0 Å². The molecule has 0 amide bonds. The second-order valence-corrected chi connectivity index (χ2v) is 7.89. The average molecular weight is 324 g/mol. The average Bonchev–Trinajstić information content (AvgIpc) is 2.29. The lowest BCUT2D eigenvalue weighted by atomic mass is 9.66. The summed E-state index contributed by atoms with van der Waals surface area (Å²) < 4.78 is 7.49. The molecular formula is C16H22BrNO. The van der Waals surface area contributed by atoms with Gasteiger partial charge in [-0.05, 0) is 49.3 Å². The number of nitrogens with two attached hydrogens (primary N) is 1. The first kappa shape index (κ1) is 13.4. The lowest BCUT2D eigenvalue weighted by Gasteiger charge is -2.48. The monoisotopic (exact) mass is 323 g/mol. The number of benzene rings is 1. The molecule has 0 saturated heterocycles. The van der Waals surface area contributed by atoms with Crippen molar-refractivity contribution in [3.8, 4) is 5.75 Å². The first-order valence-electron chi connectivity index (χ1n) is 7.13. The van der Waals surface area contributed by atoms with E-state index in [0.29, 0.717) is 5.41 Å². The Morgan fingerprint density at radius 2 is 2.11 bits per heavy atom. The Labute approximate surface area is 123 Å². The van der Waals surface area contributed by atoms with E-state index in [1.165, 1.54) is 12.8 Å². The van der Waals surface area contributed by atoms with Gasteiger partial charge in [0.15, 0.2) is 0 Å². The van der Waals surface area contributed by atoms with Crippen molar-refractivity contribution < 1.29 is 4.74 Å². The minimum atomic E-state index is -0.0397. The van der Waals surface area contributed by atoms with Crippen LogP contribution in [-0.2, 0) is 0 Å². The maximum absolute atomic E-state index is 6.42. The van der Waals surface area contributed by atoms with Gasteiger partial charge in [-0.15, -0.1) is 0 Å². The molecule has 1 aliphatic carbocycles. The van der Waals surface area contributed by atoms with Crippen molar-refractivity contribution in [3.63, 3.8) is 0 Å². The Morgan fingerprint density at radius 1 is 1.32 bits per heavy atom. The van der Waals surface area contributed by atoms with Gasteiger partial charge in [-0.2, -0.15) is 0 Å². The number of rotatable bonds is 0. The summed E-state index contributed by atoms with van der Waals surface area (Å²) in [5.41, 5.74) is 7.88. The van der Waals surface area contributed by atoms with Gasteiger partial charge in [0.05, 0.1) is 0 Å². The summed E-state index contributed by atoms with van der Waals surface area (Å²) >= 11 is 3.51. The van der Waals surface area contributed by atoms with E-state index in [1.807, 2.05) is 6.07 Å². The number of fused-ring (bicyclic) bond motifs is 1. The predicted octanol–water partition coefficient (Wildman–Crippen LogP) is 4.57. The van der Waals surface area contributed by atoms with E-state index < -0.39 is 0 Å². The molecule has 3 heteroatoms. The van der Waals surface area contributed by atoms with Gasteiger partial charge in [-0.25, -0.2) is 0 Å². The van der Waals surface area contributed by atoms with Crippen LogP contribution >= 0.6 is 15.9 Å². The molecule has 1 aromatic carbocycles. The van der Waals surface area contributed by atoms with Crippen LogP contribution in [0.4, 0.5) is 0 Å². The summed E-state index contributed by atoms with van der Waals surface area (Å²) in [7, 11) is 0. The van der Waals surface area contributed by atoms with E-state index in [1.54, 1.807) is 0 Å². The zero-order chi connectivity index (χ0) is 13.7. The molecule has 2 N–H and O–H groups in total. The molecule has 2 atom stereocenters. The Morgan fingerprint density at radius 3 is 2.84 bits per heavy atom. The van der Waals surface area contributed by atoms with Crippen molar-refractivity contribution >= 4 is 15.9 Å². The third-order valence-corrected chi connectivity index (χ3v) is 5.07. The third kappa shape index (κ3) is 2.55. The van der Waals surface area contributed by atoms with Crippen molar-refractivity contribution in [2.45, 2.75) is 57.6 Å². The third-order valence-electron chi connectivity index (χ3n) is 4.58. The van der Waals surface area contributed by atoms with Gasteiger partial charge < -0.3 is 10.5 Å². The van der Waals surface area contributed by atoms with E-state index >= 15 is 0 Å². The summed E-state index contributed by atoms with van der Waals surface area (Å²) in [5, 5.41) is 0. The van der Waals surface area contributed by atoms with Crippen LogP contribution in [0.1, 0.15) is 57.6 Å². The van der Waals surface area contributed by atoms with Crippen molar-refractivity contribution in [2.24, 2.45) is 11.1 Å². The van der Waals surface area contributed by atoms with Gasteiger partial charge in [-0.1, -0.05) is 29.8 Å². The smallest absolute Gasteiger partial charge is 0.124 e. The van der Waals surface area contributed by atoms with Crippen molar-refractivity contribution in [3.05, 3.63) is 28.2 Å². The molecule has 1 saturated carbocycles. The van der Waals surface area contributed by atoms with Crippen molar-refractivity contribution in [1.82, 2.24) is 0 Å². The summed E-state index contributed by atoms with van der Waals surface area (Å²) in [5.74, 6) is 0.986. The van der Waals surface area contributed by atoms with E-state index in [-0.39, 0.29) is 11.6 Å². The lowest BCUT2D eigenvalue weighted by Crippen LogP contribution is -2.48. The molecule has 1 spiro atoms. The van der Waals surface area contributed by atoms with Crippen LogP contribution in [0.5, 0.6) is 5.75 Å². The Bertz CT molecular complexity index is 500. The number of halogens is 1. The highest BCUT2D eigenvalue weighted by Crippen LogP contribution is 2.50. The standard InChI is InChI=1S/C16H22BrNO/c1-15(2)6-3-7-16(10-15)9-13(18)12-8-11(17)4-5-14(12)19-16/h4-5,8,13H,3,6-7,9-10,18H2,1-2H3/t13-,16?/m0/s1. The fourth-order valence-corrected chi connectivity index (χ4v) is 4.27. The number of ether oxygens (including phenoxy) is 1. The molecule has 1 aliphatic heterocycles. The van der Waals surface area contributed by atoms with Crippen LogP contribution < -0.4 is 10.5 Å². The van der Waals surface area contributed by atoms with Crippen LogP contribution in [0.3, 0.4) is 0 Å². The summed E-state index contributed by atoms with van der Waals surface area (Å²) in [6, 6.07) is 6.29. The molecule has 2 nitrogen and oxygen atoms in total. The van der Waals surface area contributed by atoms with Gasteiger partial charge in [-0.3, -0.25) is 0 Å². The first-order chi connectivity index (χ1) is 8.89. The van der Waals surface area contributed by atoms with Crippen LogP contribution in [0.25, 0.3) is 0 Å². The highest BCUT2D eigenvalue weighted by atomic mass is 79.9. The highest BCUT2D eigenvalue weighted by molar-refractivity contribution is 9.10. The van der Waals surface area contributed by atoms with Crippen LogP contribution in [-0.4, -0.2) is 5.60 Å². The summed E-state index contributed by atoms with van der Waals surface area (Å²) in [6.45, 7) is 4.69. The van der Waals surface area contributed by atoms with Gasteiger partial charge >= 0.3 is 0 Å². The van der Waals surface area contributed by atoms with Crippen LogP contribution in [0, 0.1) is 5.41 Å². The van der Waals surface area contributed by atoms with Gasteiger partial charge in [0.2, 0.25) is 0 Å². The fourth-order valence-electron chi connectivity index (χ4n) is 3.89. The second-order valence-electron chi connectivity index (χ2n) is 6.97. The molecule has 1 heterocycles. The SMILES string of the molecule is CC1(C)CCCC2(C[C@H](N)c3cc(Br)ccc3O2)C1. The predicted molar refractivity (Wildman–Crippen MR) is 81.3 cm³/mol. The molecule has 1 unspecified atom stereocenters. The number of hydrogen-bond acceptors (Lipinski definition) is 2. The largest absolute Gasteiger partial charge is 0.487 e. The second kappa shape index (κ2) is 4.49. The van der Waals surface area contributed by atoms with Gasteiger partial charge in [0.1, 0.15) is 11.4 Å².